The van der Waals surface area contributed by atoms with Gasteiger partial charge in [-0.25, -0.2) is 0 Å². The molecule has 0 saturated heterocycles. The van der Waals surface area contributed by atoms with Crippen LogP contribution in [0.25, 0.3) is 0 Å². The highest BCUT2D eigenvalue weighted by molar-refractivity contribution is 9.10. The zero-order valence-corrected chi connectivity index (χ0v) is 9.97. The van der Waals surface area contributed by atoms with Gasteiger partial charge in [-0.05, 0) is 33.6 Å². The van der Waals surface area contributed by atoms with Crippen molar-refractivity contribution in [3.63, 3.8) is 0 Å². The lowest BCUT2D eigenvalue weighted by Crippen LogP contribution is -2.30. The minimum absolute atomic E-state index is 0.387. The molecule has 0 aromatic heterocycles. The van der Waals surface area contributed by atoms with Crippen LogP contribution in [0.1, 0.15) is 5.56 Å². The Hall–Kier alpha value is -0.750. The summed E-state index contributed by atoms with van der Waals surface area (Å²) in [7, 11) is 1.46. The van der Waals surface area contributed by atoms with E-state index >= 15 is 0 Å². The van der Waals surface area contributed by atoms with Gasteiger partial charge in [0, 0.05) is 6.42 Å². The van der Waals surface area contributed by atoms with Gasteiger partial charge in [-0.1, -0.05) is 6.07 Å². The van der Waals surface area contributed by atoms with Gasteiger partial charge in [-0.2, -0.15) is 13.2 Å². The smallest absolute Gasteiger partial charge is 0.414 e. The third-order valence-electron chi connectivity index (χ3n) is 2.02. The highest BCUT2D eigenvalue weighted by Gasteiger charge is 2.37. The van der Waals surface area contributed by atoms with Gasteiger partial charge < -0.3 is 9.84 Å². The lowest BCUT2D eigenvalue weighted by Gasteiger charge is -2.14. The average Bonchev–Trinajstić information content (AvgIpc) is 2.16. The Labute approximate surface area is 99.2 Å². The first-order chi connectivity index (χ1) is 7.34. The Morgan fingerprint density at radius 2 is 2.06 bits per heavy atom. The molecule has 90 valence electrons. The van der Waals surface area contributed by atoms with Gasteiger partial charge in [-0.3, -0.25) is 0 Å². The number of rotatable bonds is 3. The molecule has 16 heavy (non-hydrogen) atoms. The molecular weight excluding hydrogens is 289 g/mol. The van der Waals surface area contributed by atoms with Crippen LogP contribution in [0.15, 0.2) is 22.7 Å². The van der Waals surface area contributed by atoms with Crippen LogP contribution in [0, 0.1) is 0 Å². The number of ether oxygens (including phenoxy) is 1. The fourth-order valence-corrected chi connectivity index (χ4v) is 1.76. The summed E-state index contributed by atoms with van der Waals surface area (Å²) in [6.45, 7) is 0. The molecule has 0 bridgehead atoms. The van der Waals surface area contributed by atoms with Crippen molar-refractivity contribution in [1.29, 1.82) is 0 Å². The van der Waals surface area contributed by atoms with Crippen LogP contribution in [0.2, 0.25) is 0 Å². The normalized spacial score (nSPS) is 13.6. The van der Waals surface area contributed by atoms with Gasteiger partial charge >= 0.3 is 6.18 Å². The summed E-state index contributed by atoms with van der Waals surface area (Å²) >= 11 is 3.16. The van der Waals surface area contributed by atoms with Crippen molar-refractivity contribution < 1.29 is 23.0 Å². The summed E-state index contributed by atoms with van der Waals surface area (Å²) in [6.07, 6.45) is -7.40. The number of aliphatic hydroxyl groups excluding tert-OH is 1. The predicted octanol–water partition coefficient (Wildman–Crippen LogP) is 2.92. The third-order valence-corrected chi connectivity index (χ3v) is 2.64. The number of aliphatic hydroxyl groups is 1. The molecule has 1 rings (SSSR count). The molecule has 0 spiro atoms. The van der Waals surface area contributed by atoms with E-state index in [0.29, 0.717) is 15.8 Å². The summed E-state index contributed by atoms with van der Waals surface area (Å²) in [4.78, 5) is 0. The lowest BCUT2D eigenvalue weighted by atomic mass is 10.1. The van der Waals surface area contributed by atoms with Gasteiger partial charge in [0.25, 0.3) is 0 Å². The van der Waals surface area contributed by atoms with Crippen molar-refractivity contribution >= 4 is 15.9 Å². The van der Waals surface area contributed by atoms with Gasteiger partial charge in [-0.15, -0.1) is 0 Å². The fraction of sp³-hybridized carbons (Fsp3) is 0.400. The van der Waals surface area contributed by atoms with E-state index in [-0.39, 0.29) is 0 Å². The number of halogens is 4. The van der Waals surface area contributed by atoms with Crippen molar-refractivity contribution in [2.45, 2.75) is 18.7 Å². The molecule has 0 aliphatic carbocycles. The first-order valence-corrected chi connectivity index (χ1v) is 5.21. The highest BCUT2D eigenvalue weighted by Crippen LogP contribution is 2.28. The second-order valence-corrected chi connectivity index (χ2v) is 4.08. The van der Waals surface area contributed by atoms with Gasteiger partial charge in [0.1, 0.15) is 5.75 Å². The summed E-state index contributed by atoms with van der Waals surface area (Å²) in [5.74, 6) is 0.533. The molecule has 0 saturated carbocycles. The molecule has 1 aromatic carbocycles. The number of hydrogen-bond acceptors (Lipinski definition) is 2. The maximum Gasteiger partial charge on any atom is 0.414 e. The van der Waals surface area contributed by atoms with E-state index in [2.05, 4.69) is 15.9 Å². The van der Waals surface area contributed by atoms with Crippen LogP contribution in [0.5, 0.6) is 5.75 Å². The second-order valence-electron chi connectivity index (χ2n) is 3.23. The van der Waals surface area contributed by atoms with Crippen LogP contribution >= 0.6 is 15.9 Å². The molecule has 6 heteroatoms. The molecule has 0 aliphatic heterocycles. The van der Waals surface area contributed by atoms with Crippen LogP contribution in [0.3, 0.4) is 0 Å². The predicted molar refractivity (Wildman–Crippen MR) is 56.5 cm³/mol. The second kappa shape index (κ2) is 5.05. The van der Waals surface area contributed by atoms with Crippen molar-refractivity contribution in [3.05, 3.63) is 28.2 Å². The molecule has 0 fully saturated rings. The Kier molecular flexibility index (Phi) is 4.21. The number of hydrogen-bond donors (Lipinski definition) is 1. The quantitative estimate of drug-likeness (QED) is 0.930. The van der Waals surface area contributed by atoms with Crippen LogP contribution < -0.4 is 4.74 Å². The number of alkyl halides is 3. The van der Waals surface area contributed by atoms with E-state index in [0.717, 1.165) is 0 Å². The topological polar surface area (TPSA) is 29.5 Å². The minimum atomic E-state index is -4.59. The van der Waals surface area contributed by atoms with E-state index in [9.17, 15) is 13.2 Å². The molecule has 0 amide bonds. The standard InChI is InChI=1S/C10H10BrF3O2/c1-16-8-3-2-6(4-7(8)11)5-9(15)10(12,13)14/h2-4,9,15H,5H2,1H3/t9-/m1/s1. The molecule has 0 radical (unpaired) electrons. The largest absolute Gasteiger partial charge is 0.496 e. The Morgan fingerprint density at radius 3 is 2.50 bits per heavy atom. The zero-order valence-electron chi connectivity index (χ0n) is 8.38. The van der Waals surface area contributed by atoms with E-state index in [1.54, 1.807) is 6.07 Å². The first kappa shape index (κ1) is 13.3. The third kappa shape index (κ3) is 3.38. The SMILES string of the molecule is COc1ccc(C[C@@H](O)C(F)(F)F)cc1Br. The summed E-state index contributed by atoms with van der Waals surface area (Å²) in [5.41, 5.74) is 0.387. The molecular formula is C10H10BrF3O2. The summed E-state index contributed by atoms with van der Waals surface area (Å²) < 4.78 is 41.8. The first-order valence-electron chi connectivity index (χ1n) is 4.42. The van der Waals surface area contributed by atoms with Crippen molar-refractivity contribution in [2.75, 3.05) is 7.11 Å². The monoisotopic (exact) mass is 298 g/mol. The van der Waals surface area contributed by atoms with E-state index in [4.69, 9.17) is 9.84 Å². The van der Waals surface area contributed by atoms with Crippen molar-refractivity contribution in [1.82, 2.24) is 0 Å². The summed E-state index contributed by atoms with van der Waals surface area (Å²) in [5, 5.41) is 8.88. The molecule has 1 aromatic rings. The molecule has 1 N–H and O–H groups in total. The molecule has 0 unspecified atom stereocenters. The Morgan fingerprint density at radius 1 is 1.44 bits per heavy atom. The Balaban J connectivity index is 2.79. The minimum Gasteiger partial charge on any atom is -0.496 e. The van der Waals surface area contributed by atoms with Gasteiger partial charge in [0.2, 0.25) is 0 Å². The molecule has 0 heterocycles. The van der Waals surface area contributed by atoms with Crippen LogP contribution in [-0.2, 0) is 6.42 Å². The highest BCUT2D eigenvalue weighted by atomic mass is 79.9. The number of benzene rings is 1. The molecule has 0 aliphatic rings. The average molecular weight is 299 g/mol. The lowest BCUT2D eigenvalue weighted by molar-refractivity contribution is -0.203. The maximum absolute atomic E-state index is 12.1. The Bertz CT molecular complexity index is 366. The summed E-state index contributed by atoms with van der Waals surface area (Å²) in [6, 6.07) is 4.52. The van der Waals surface area contributed by atoms with Crippen LogP contribution in [0.4, 0.5) is 13.2 Å². The van der Waals surface area contributed by atoms with Crippen molar-refractivity contribution in [3.8, 4) is 5.75 Å². The van der Waals surface area contributed by atoms with Crippen LogP contribution in [-0.4, -0.2) is 24.5 Å². The maximum atomic E-state index is 12.1. The van der Waals surface area contributed by atoms with Gasteiger partial charge in [0.05, 0.1) is 11.6 Å². The van der Waals surface area contributed by atoms with Crippen molar-refractivity contribution in [2.24, 2.45) is 0 Å². The number of methoxy groups -OCH3 is 1. The molecule has 2 nitrogen and oxygen atoms in total. The van der Waals surface area contributed by atoms with E-state index < -0.39 is 18.7 Å². The van der Waals surface area contributed by atoms with Gasteiger partial charge in [0.15, 0.2) is 6.10 Å². The van der Waals surface area contributed by atoms with E-state index in [1.807, 2.05) is 0 Å². The zero-order chi connectivity index (χ0) is 12.3. The van der Waals surface area contributed by atoms with E-state index in [1.165, 1.54) is 19.2 Å². The fourth-order valence-electron chi connectivity index (χ4n) is 1.18. The molecule has 1 atom stereocenters.